The Hall–Kier alpha value is -1.78. The summed E-state index contributed by atoms with van der Waals surface area (Å²) < 4.78 is 5.43. The maximum Gasteiger partial charge on any atom is 0.410 e. The fraction of sp³-hybridized carbons (Fsp3) is 0.667. The maximum atomic E-state index is 12.1. The lowest BCUT2D eigenvalue weighted by Crippen LogP contribution is -2.43. The first-order valence-electron chi connectivity index (χ1n) is 8.37. The minimum atomic E-state index is -0.449. The molecule has 2 rings (SSSR count). The maximum absolute atomic E-state index is 12.1. The van der Waals surface area contributed by atoms with Crippen LogP contribution in [0.25, 0.3) is 0 Å². The van der Waals surface area contributed by atoms with E-state index in [4.69, 9.17) is 4.74 Å². The molecule has 1 aliphatic rings. The Kier molecular flexibility index (Phi) is 5.50. The summed E-state index contributed by atoms with van der Waals surface area (Å²) >= 11 is 0. The van der Waals surface area contributed by atoms with E-state index in [1.165, 1.54) is 0 Å². The lowest BCUT2D eigenvalue weighted by atomic mass is 9.97. The lowest BCUT2D eigenvalue weighted by Gasteiger charge is -2.35. The second-order valence-corrected chi connectivity index (χ2v) is 7.45. The van der Waals surface area contributed by atoms with Crippen LogP contribution in [0.5, 0.6) is 0 Å². The molecule has 1 unspecified atom stereocenters. The number of aryl methyl sites for hydroxylation is 1. The highest BCUT2D eigenvalue weighted by Crippen LogP contribution is 2.23. The number of amides is 1. The van der Waals surface area contributed by atoms with Gasteiger partial charge in [-0.1, -0.05) is 6.07 Å². The van der Waals surface area contributed by atoms with Gasteiger partial charge >= 0.3 is 6.09 Å². The number of anilines is 1. The molecule has 1 aromatic rings. The van der Waals surface area contributed by atoms with Gasteiger partial charge in [-0.15, -0.1) is 0 Å². The number of carbonyl (C=O) groups excluding carboxylic acids is 1. The Morgan fingerprint density at radius 3 is 2.83 bits per heavy atom. The fourth-order valence-electron chi connectivity index (χ4n) is 2.93. The summed E-state index contributed by atoms with van der Waals surface area (Å²) in [5.41, 5.74) is 0.589. The van der Waals surface area contributed by atoms with Gasteiger partial charge in [-0.05, 0) is 58.6 Å². The number of nitrogens with zero attached hydrogens (tertiary/aromatic N) is 3. The molecule has 0 spiro atoms. The molecular formula is C18H29N3O2. The van der Waals surface area contributed by atoms with Gasteiger partial charge in [0.25, 0.3) is 0 Å². The van der Waals surface area contributed by atoms with Crippen molar-refractivity contribution >= 4 is 11.9 Å². The molecule has 23 heavy (non-hydrogen) atoms. The number of carbonyl (C=O) groups is 1. The third-order valence-electron chi connectivity index (χ3n) is 3.95. The van der Waals surface area contributed by atoms with Crippen molar-refractivity contribution in [3.05, 3.63) is 23.9 Å². The molecule has 0 N–H and O–H groups in total. The van der Waals surface area contributed by atoms with E-state index in [1.807, 2.05) is 46.9 Å². The van der Waals surface area contributed by atoms with E-state index in [0.29, 0.717) is 5.92 Å². The number of hydrogen-bond acceptors (Lipinski definition) is 4. The van der Waals surface area contributed by atoms with Crippen molar-refractivity contribution in [2.24, 2.45) is 5.92 Å². The van der Waals surface area contributed by atoms with Gasteiger partial charge in [0.2, 0.25) is 0 Å². The molecule has 5 nitrogen and oxygen atoms in total. The van der Waals surface area contributed by atoms with Crippen LogP contribution in [0.15, 0.2) is 18.2 Å². The summed E-state index contributed by atoms with van der Waals surface area (Å²) in [6, 6.07) is 6.13. The summed E-state index contributed by atoms with van der Waals surface area (Å²) in [4.78, 5) is 20.7. The Balaban J connectivity index is 1.92. The van der Waals surface area contributed by atoms with Crippen LogP contribution in [-0.4, -0.2) is 48.3 Å². The summed E-state index contributed by atoms with van der Waals surface area (Å²) in [7, 11) is 1.82. The van der Waals surface area contributed by atoms with Crippen LogP contribution in [-0.2, 0) is 4.74 Å². The first-order chi connectivity index (χ1) is 10.7. The molecule has 1 aromatic heterocycles. The van der Waals surface area contributed by atoms with E-state index < -0.39 is 5.60 Å². The highest BCUT2D eigenvalue weighted by molar-refractivity contribution is 5.67. The zero-order chi connectivity index (χ0) is 17.0. The highest BCUT2D eigenvalue weighted by atomic mass is 16.6. The molecule has 1 atom stereocenters. The molecule has 0 radical (unpaired) electrons. The number of ether oxygens (including phenoxy) is 1. The van der Waals surface area contributed by atoms with Gasteiger partial charge in [-0.2, -0.15) is 0 Å². The fourth-order valence-corrected chi connectivity index (χ4v) is 2.93. The molecule has 0 saturated carbocycles. The Morgan fingerprint density at radius 1 is 1.43 bits per heavy atom. The number of hydrogen-bond donors (Lipinski definition) is 0. The number of piperidine rings is 1. The average molecular weight is 319 g/mol. The van der Waals surface area contributed by atoms with E-state index in [1.54, 1.807) is 4.90 Å². The molecule has 0 aromatic carbocycles. The van der Waals surface area contributed by atoms with Gasteiger partial charge in [0, 0.05) is 32.4 Å². The predicted molar refractivity (Wildman–Crippen MR) is 92.8 cm³/mol. The minimum Gasteiger partial charge on any atom is -0.444 e. The third kappa shape index (κ3) is 5.41. The van der Waals surface area contributed by atoms with Gasteiger partial charge in [0.15, 0.2) is 0 Å². The summed E-state index contributed by atoms with van der Waals surface area (Å²) in [6.45, 7) is 10.4. The van der Waals surface area contributed by atoms with Crippen molar-refractivity contribution in [3.63, 3.8) is 0 Å². The van der Waals surface area contributed by atoms with Crippen molar-refractivity contribution < 1.29 is 9.53 Å². The molecule has 1 fully saturated rings. The van der Waals surface area contributed by atoms with Crippen molar-refractivity contribution in [2.75, 3.05) is 31.6 Å². The Bertz CT molecular complexity index is 539. The van der Waals surface area contributed by atoms with E-state index >= 15 is 0 Å². The standard InChI is InChI=1S/C18H29N3O2/c1-14-8-6-10-16(19-14)21-11-7-9-15(13-21)12-20(5)17(22)23-18(2,3)4/h6,8,10,15H,7,9,11-13H2,1-5H3. The zero-order valence-electron chi connectivity index (χ0n) is 15.0. The summed E-state index contributed by atoms with van der Waals surface area (Å²) in [6.07, 6.45) is 2.01. The van der Waals surface area contributed by atoms with Gasteiger partial charge in [-0.25, -0.2) is 9.78 Å². The first kappa shape index (κ1) is 17.6. The van der Waals surface area contributed by atoms with E-state index in [2.05, 4.69) is 16.0 Å². The summed E-state index contributed by atoms with van der Waals surface area (Å²) in [5.74, 6) is 1.48. The van der Waals surface area contributed by atoms with Gasteiger partial charge in [0.1, 0.15) is 11.4 Å². The van der Waals surface area contributed by atoms with Crippen LogP contribution in [0.4, 0.5) is 10.6 Å². The van der Waals surface area contributed by atoms with Gasteiger partial charge in [-0.3, -0.25) is 0 Å². The van der Waals surface area contributed by atoms with Crippen LogP contribution in [0.1, 0.15) is 39.3 Å². The Morgan fingerprint density at radius 2 is 2.17 bits per heavy atom. The molecule has 1 saturated heterocycles. The monoisotopic (exact) mass is 319 g/mol. The van der Waals surface area contributed by atoms with Crippen LogP contribution in [0, 0.1) is 12.8 Å². The molecule has 0 aliphatic carbocycles. The quantitative estimate of drug-likeness (QED) is 0.856. The number of aromatic nitrogens is 1. The second kappa shape index (κ2) is 7.20. The predicted octanol–water partition coefficient (Wildman–Crippen LogP) is 3.47. The largest absolute Gasteiger partial charge is 0.444 e. The Labute approximate surface area is 139 Å². The molecule has 5 heteroatoms. The SMILES string of the molecule is Cc1cccc(N2CCCC(CN(C)C(=O)OC(C)(C)C)C2)n1. The number of rotatable bonds is 3. The van der Waals surface area contributed by atoms with Crippen molar-refractivity contribution in [1.29, 1.82) is 0 Å². The molecule has 2 heterocycles. The first-order valence-corrected chi connectivity index (χ1v) is 8.37. The van der Waals surface area contributed by atoms with E-state index in [0.717, 1.165) is 44.0 Å². The van der Waals surface area contributed by atoms with Crippen LogP contribution in [0.2, 0.25) is 0 Å². The smallest absolute Gasteiger partial charge is 0.410 e. The van der Waals surface area contributed by atoms with Crippen molar-refractivity contribution in [3.8, 4) is 0 Å². The van der Waals surface area contributed by atoms with Crippen molar-refractivity contribution in [2.45, 2.75) is 46.1 Å². The topological polar surface area (TPSA) is 45.7 Å². The second-order valence-electron chi connectivity index (χ2n) is 7.45. The van der Waals surface area contributed by atoms with Crippen LogP contribution in [0.3, 0.4) is 0 Å². The number of pyridine rings is 1. The average Bonchev–Trinajstić information content (AvgIpc) is 2.45. The lowest BCUT2D eigenvalue weighted by molar-refractivity contribution is 0.0269. The van der Waals surface area contributed by atoms with E-state index in [9.17, 15) is 4.79 Å². The van der Waals surface area contributed by atoms with Crippen LogP contribution < -0.4 is 4.90 Å². The molecular weight excluding hydrogens is 290 g/mol. The van der Waals surface area contributed by atoms with Gasteiger partial charge < -0.3 is 14.5 Å². The van der Waals surface area contributed by atoms with Crippen LogP contribution >= 0.6 is 0 Å². The highest BCUT2D eigenvalue weighted by Gasteiger charge is 2.25. The minimum absolute atomic E-state index is 0.247. The molecule has 128 valence electrons. The van der Waals surface area contributed by atoms with Crippen molar-refractivity contribution in [1.82, 2.24) is 9.88 Å². The van der Waals surface area contributed by atoms with E-state index in [-0.39, 0.29) is 6.09 Å². The zero-order valence-corrected chi connectivity index (χ0v) is 15.0. The molecule has 0 bridgehead atoms. The summed E-state index contributed by atoms with van der Waals surface area (Å²) in [5, 5.41) is 0. The molecule has 1 aliphatic heterocycles. The normalized spacial score (nSPS) is 18.7. The molecule has 1 amide bonds. The van der Waals surface area contributed by atoms with Gasteiger partial charge in [0.05, 0.1) is 0 Å². The third-order valence-corrected chi connectivity index (χ3v) is 3.95.